The Balaban J connectivity index is 0.00000243. The highest BCUT2D eigenvalue weighted by molar-refractivity contribution is 5.97. The number of hydrogen-bond donors (Lipinski definition) is 1. The van der Waals surface area contributed by atoms with Crippen molar-refractivity contribution in [3.63, 3.8) is 0 Å². The van der Waals surface area contributed by atoms with E-state index in [0.717, 1.165) is 59.8 Å². The van der Waals surface area contributed by atoms with Crippen molar-refractivity contribution in [1.29, 1.82) is 0 Å². The van der Waals surface area contributed by atoms with Gasteiger partial charge in [-0.3, -0.25) is 9.48 Å². The summed E-state index contributed by atoms with van der Waals surface area (Å²) >= 11 is 0. The van der Waals surface area contributed by atoms with Crippen LogP contribution in [0.25, 0.3) is 0 Å². The van der Waals surface area contributed by atoms with Gasteiger partial charge in [-0.2, -0.15) is 5.10 Å². The SMILES string of the molecule is Cc1nn(CC(C)C)c(C)c1CC(=O)N1CCCc2c(N)cccc21.Cl. The van der Waals surface area contributed by atoms with Crippen molar-refractivity contribution >= 4 is 29.7 Å². The summed E-state index contributed by atoms with van der Waals surface area (Å²) in [5.74, 6) is 0.653. The summed E-state index contributed by atoms with van der Waals surface area (Å²) < 4.78 is 2.03. The lowest BCUT2D eigenvalue weighted by Gasteiger charge is -2.30. The number of amides is 1. The molecule has 1 amide bonds. The van der Waals surface area contributed by atoms with E-state index < -0.39 is 0 Å². The van der Waals surface area contributed by atoms with Crippen LogP contribution in [0.1, 0.15) is 42.8 Å². The Morgan fingerprint density at radius 2 is 2.04 bits per heavy atom. The van der Waals surface area contributed by atoms with Crippen molar-refractivity contribution in [1.82, 2.24) is 9.78 Å². The second-order valence-electron chi connectivity index (χ2n) is 7.40. The van der Waals surface area contributed by atoms with Gasteiger partial charge in [0.1, 0.15) is 0 Å². The molecular formula is C20H29ClN4O. The molecule has 0 saturated heterocycles. The van der Waals surface area contributed by atoms with Crippen molar-refractivity contribution in [2.45, 2.75) is 53.5 Å². The minimum absolute atomic E-state index is 0. The number of halogens is 1. The molecule has 2 aromatic rings. The predicted molar refractivity (Wildman–Crippen MR) is 109 cm³/mol. The van der Waals surface area contributed by atoms with Crippen LogP contribution in [-0.2, 0) is 24.2 Å². The van der Waals surface area contributed by atoms with Crippen LogP contribution in [0.5, 0.6) is 0 Å². The third kappa shape index (κ3) is 3.88. The molecule has 0 atom stereocenters. The maximum Gasteiger partial charge on any atom is 0.231 e. The molecule has 0 fully saturated rings. The first-order valence-corrected chi connectivity index (χ1v) is 9.09. The van der Waals surface area contributed by atoms with E-state index in [-0.39, 0.29) is 18.3 Å². The Morgan fingerprint density at radius 1 is 1.31 bits per heavy atom. The molecule has 1 aromatic heterocycles. The second-order valence-corrected chi connectivity index (χ2v) is 7.40. The van der Waals surface area contributed by atoms with Gasteiger partial charge >= 0.3 is 0 Å². The maximum atomic E-state index is 13.0. The van der Waals surface area contributed by atoms with Crippen LogP contribution in [0.3, 0.4) is 0 Å². The summed E-state index contributed by atoms with van der Waals surface area (Å²) in [5.41, 5.74) is 12.1. The zero-order valence-electron chi connectivity index (χ0n) is 16.1. The van der Waals surface area contributed by atoms with E-state index in [9.17, 15) is 4.79 Å². The van der Waals surface area contributed by atoms with Gasteiger partial charge in [0.05, 0.1) is 12.1 Å². The molecule has 5 nitrogen and oxygen atoms in total. The van der Waals surface area contributed by atoms with Crippen molar-refractivity contribution in [2.24, 2.45) is 5.92 Å². The molecule has 1 aromatic carbocycles. The Kier molecular flexibility index (Phi) is 6.34. The molecule has 0 radical (unpaired) electrons. The fraction of sp³-hybridized carbons (Fsp3) is 0.500. The van der Waals surface area contributed by atoms with Crippen molar-refractivity contribution in [2.75, 3.05) is 17.2 Å². The summed E-state index contributed by atoms with van der Waals surface area (Å²) in [4.78, 5) is 14.9. The summed E-state index contributed by atoms with van der Waals surface area (Å²) in [5, 5.41) is 4.63. The van der Waals surface area contributed by atoms with E-state index in [1.165, 1.54) is 0 Å². The number of carbonyl (C=O) groups is 1. The van der Waals surface area contributed by atoms with Crippen LogP contribution in [0.2, 0.25) is 0 Å². The largest absolute Gasteiger partial charge is 0.398 e. The number of aryl methyl sites for hydroxylation is 1. The molecule has 6 heteroatoms. The molecule has 142 valence electrons. The fourth-order valence-corrected chi connectivity index (χ4v) is 3.67. The first-order valence-electron chi connectivity index (χ1n) is 9.09. The lowest BCUT2D eigenvalue weighted by Crippen LogP contribution is -2.37. The van der Waals surface area contributed by atoms with Gasteiger partial charge in [0.25, 0.3) is 0 Å². The fourth-order valence-electron chi connectivity index (χ4n) is 3.67. The molecule has 0 saturated carbocycles. The Labute approximate surface area is 162 Å². The summed E-state index contributed by atoms with van der Waals surface area (Å²) in [6, 6.07) is 5.85. The number of fused-ring (bicyclic) bond motifs is 1. The monoisotopic (exact) mass is 376 g/mol. The molecule has 0 unspecified atom stereocenters. The van der Waals surface area contributed by atoms with Crippen molar-refractivity contribution < 1.29 is 4.79 Å². The van der Waals surface area contributed by atoms with Gasteiger partial charge in [0.2, 0.25) is 5.91 Å². The van der Waals surface area contributed by atoms with Crippen molar-refractivity contribution in [3.05, 3.63) is 40.7 Å². The van der Waals surface area contributed by atoms with Crippen LogP contribution < -0.4 is 10.6 Å². The zero-order chi connectivity index (χ0) is 18.1. The summed E-state index contributed by atoms with van der Waals surface area (Å²) in [6.45, 7) is 10.0. The number of aromatic nitrogens is 2. The highest BCUT2D eigenvalue weighted by Gasteiger charge is 2.25. The lowest BCUT2D eigenvalue weighted by atomic mass is 9.99. The lowest BCUT2D eigenvalue weighted by molar-refractivity contribution is -0.118. The summed E-state index contributed by atoms with van der Waals surface area (Å²) in [6.07, 6.45) is 2.29. The number of anilines is 2. The second kappa shape index (κ2) is 8.12. The highest BCUT2D eigenvalue weighted by atomic mass is 35.5. The van der Waals surface area contributed by atoms with Crippen LogP contribution in [0.4, 0.5) is 11.4 Å². The van der Waals surface area contributed by atoms with E-state index in [2.05, 4.69) is 25.9 Å². The van der Waals surface area contributed by atoms with Crippen LogP contribution in [0.15, 0.2) is 18.2 Å². The van der Waals surface area contributed by atoms with Gasteiger partial charge < -0.3 is 10.6 Å². The molecule has 0 bridgehead atoms. The molecule has 26 heavy (non-hydrogen) atoms. The predicted octanol–water partition coefficient (Wildman–Crippen LogP) is 3.68. The smallest absolute Gasteiger partial charge is 0.231 e. The van der Waals surface area contributed by atoms with E-state index >= 15 is 0 Å². The summed E-state index contributed by atoms with van der Waals surface area (Å²) in [7, 11) is 0. The molecule has 0 spiro atoms. The molecule has 1 aliphatic heterocycles. The zero-order valence-corrected chi connectivity index (χ0v) is 16.9. The van der Waals surface area contributed by atoms with E-state index in [4.69, 9.17) is 5.73 Å². The number of nitrogen functional groups attached to an aromatic ring is 1. The van der Waals surface area contributed by atoms with Crippen LogP contribution in [0, 0.1) is 19.8 Å². The Bertz CT molecular complexity index is 797. The number of nitrogens with two attached hydrogens (primary N) is 1. The number of rotatable bonds is 4. The topological polar surface area (TPSA) is 64.2 Å². The third-order valence-electron chi connectivity index (χ3n) is 4.99. The van der Waals surface area contributed by atoms with Crippen molar-refractivity contribution in [3.8, 4) is 0 Å². The molecule has 2 heterocycles. The number of hydrogen-bond acceptors (Lipinski definition) is 3. The number of benzene rings is 1. The third-order valence-corrected chi connectivity index (χ3v) is 4.99. The Morgan fingerprint density at radius 3 is 2.73 bits per heavy atom. The molecule has 3 rings (SSSR count). The first-order chi connectivity index (χ1) is 11.9. The first kappa shape index (κ1) is 20.3. The van der Waals surface area contributed by atoms with Gasteiger partial charge in [0, 0.05) is 35.7 Å². The van der Waals surface area contributed by atoms with Gasteiger partial charge in [-0.1, -0.05) is 19.9 Å². The number of nitrogens with zero attached hydrogens (tertiary/aromatic N) is 3. The molecular weight excluding hydrogens is 348 g/mol. The van der Waals surface area contributed by atoms with E-state index in [1.807, 2.05) is 34.7 Å². The average molecular weight is 377 g/mol. The quantitative estimate of drug-likeness (QED) is 0.828. The minimum atomic E-state index is 0. The molecule has 2 N–H and O–H groups in total. The highest BCUT2D eigenvalue weighted by Crippen LogP contribution is 2.32. The standard InChI is InChI=1S/C20H28N4O.ClH/c1-13(2)12-24-15(4)17(14(3)22-24)11-20(25)23-10-6-7-16-18(21)8-5-9-19(16)23;/h5,8-9,13H,6-7,10-12,21H2,1-4H3;1H. The Hall–Kier alpha value is -2.01. The van der Waals surface area contributed by atoms with Gasteiger partial charge in [0.15, 0.2) is 0 Å². The molecule has 0 aliphatic carbocycles. The van der Waals surface area contributed by atoms with Crippen LogP contribution in [-0.4, -0.2) is 22.2 Å². The molecule has 1 aliphatic rings. The average Bonchev–Trinajstić information content (AvgIpc) is 2.81. The number of carbonyl (C=O) groups excluding carboxylic acids is 1. The maximum absolute atomic E-state index is 13.0. The van der Waals surface area contributed by atoms with E-state index in [1.54, 1.807) is 0 Å². The van der Waals surface area contributed by atoms with Gasteiger partial charge in [-0.25, -0.2) is 0 Å². The van der Waals surface area contributed by atoms with Gasteiger partial charge in [-0.05, 0) is 50.3 Å². The van der Waals surface area contributed by atoms with Crippen LogP contribution >= 0.6 is 12.4 Å². The van der Waals surface area contributed by atoms with E-state index in [0.29, 0.717) is 12.3 Å². The normalized spacial score (nSPS) is 13.5. The minimum Gasteiger partial charge on any atom is -0.398 e. The van der Waals surface area contributed by atoms with Gasteiger partial charge in [-0.15, -0.1) is 12.4 Å².